The van der Waals surface area contributed by atoms with Crippen LogP contribution < -0.4 is 5.32 Å². The molecule has 18 heavy (non-hydrogen) atoms. The van der Waals surface area contributed by atoms with E-state index in [1.54, 1.807) is 6.07 Å². The fraction of sp³-hybridized carbons (Fsp3) is 0.500. The number of carbonyl (C=O) groups excluding carboxylic acids is 1. The van der Waals surface area contributed by atoms with E-state index < -0.39 is 0 Å². The van der Waals surface area contributed by atoms with E-state index in [0.29, 0.717) is 23.2 Å². The predicted molar refractivity (Wildman–Crippen MR) is 75.0 cm³/mol. The van der Waals surface area contributed by atoms with Crippen molar-refractivity contribution in [2.45, 2.75) is 32.2 Å². The molecule has 0 atom stereocenters. The van der Waals surface area contributed by atoms with Crippen molar-refractivity contribution in [3.05, 3.63) is 29.3 Å². The molecular formula is C14H19ClN2O. The minimum atomic E-state index is 0.0298. The lowest BCUT2D eigenvalue weighted by Crippen LogP contribution is -2.29. The first-order valence-corrected chi connectivity index (χ1v) is 6.87. The molecule has 0 saturated heterocycles. The summed E-state index contributed by atoms with van der Waals surface area (Å²) < 4.78 is 0. The normalized spacial score (nSPS) is 14.8. The van der Waals surface area contributed by atoms with Crippen LogP contribution >= 0.6 is 11.6 Å². The molecule has 1 aliphatic rings. The Kier molecular flexibility index (Phi) is 4.61. The first kappa shape index (κ1) is 13.4. The lowest BCUT2D eigenvalue weighted by Gasteiger charge is -2.19. The molecule has 1 aromatic rings. The third-order valence-electron chi connectivity index (χ3n) is 3.24. The molecule has 1 amide bonds. The second-order valence-corrected chi connectivity index (χ2v) is 5.04. The number of rotatable bonds is 6. The third kappa shape index (κ3) is 3.72. The fourth-order valence-electron chi connectivity index (χ4n) is 2.06. The Balaban J connectivity index is 1.80. The summed E-state index contributed by atoms with van der Waals surface area (Å²) in [5, 5.41) is 3.44. The molecule has 0 unspecified atom stereocenters. The molecule has 0 radical (unpaired) electrons. The smallest absolute Gasteiger partial charge is 0.225 e. The number of nitrogens with zero attached hydrogens (tertiary/aromatic N) is 1. The highest BCUT2D eigenvalue weighted by atomic mass is 35.5. The van der Waals surface area contributed by atoms with Crippen LogP contribution in [-0.2, 0) is 4.79 Å². The molecular weight excluding hydrogens is 248 g/mol. The fourth-order valence-corrected chi connectivity index (χ4v) is 2.24. The number of para-hydroxylation sites is 1. The van der Waals surface area contributed by atoms with Crippen LogP contribution in [0, 0.1) is 0 Å². The number of carbonyl (C=O) groups is 1. The zero-order chi connectivity index (χ0) is 13.0. The quantitative estimate of drug-likeness (QED) is 0.858. The molecule has 1 N–H and O–H groups in total. The molecule has 3 nitrogen and oxygen atoms in total. The highest BCUT2D eigenvalue weighted by Gasteiger charge is 2.27. The summed E-state index contributed by atoms with van der Waals surface area (Å²) in [6.07, 6.45) is 3.08. The van der Waals surface area contributed by atoms with Gasteiger partial charge in [0, 0.05) is 19.0 Å². The number of halogens is 1. The van der Waals surface area contributed by atoms with Crippen molar-refractivity contribution in [2.75, 3.05) is 18.4 Å². The maximum absolute atomic E-state index is 11.8. The minimum Gasteiger partial charge on any atom is -0.325 e. The van der Waals surface area contributed by atoms with E-state index >= 15 is 0 Å². The van der Waals surface area contributed by atoms with Crippen LogP contribution in [0.25, 0.3) is 0 Å². The molecule has 1 aromatic carbocycles. The first-order chi connectivity index (χ1) is 8.70. The van der Waals surface area contributed by atoms with Crippen LogP contribution in [0.15, 0.2) is 24.3 Å². The van der Waals surface area contributed by atoms with Crippen LogP contribution in [0.4, 0.5) is 5.69 Å². The van der Waals surface area contributed by atoms with Gasteiger partial charge in [0.15, 0.2) is 0 Å². The van der Waals surface area contributed by atoms with E-state index in [9.17, 15) is 4.79 Å². The predicted octanol–water partition coefficient (Wildman–Crippen LogP) is 3.15. The average Bonchev–Trinajstić information content (AvgIpc) is 3.17. The summed E-state index contributed by atoms with van der Waals surface area (Å²) in [5.74, 6) is 0.0298. The van der Waals surface area contributed by atoms with Crippen molar-refractivity contribution in [1.82, 2.24) is 4.90 Å². The van der Waals surface area contributed by atoms with Gasteiger partial charge in [-0.3, -0.25) is 4.79 Å². The zero-order valence-electron chi connectivity index (χ0n) is 10.7. The van der Waals surface area contributed by atoms with E-state index in [1.807, 2.05) is 18.2 Å². The molecule has 0 aromatic heterocycles. The molecule has 2 rings (SSSR count). The Labute approximate surface area is 113 Å². The highest BCUT2D eigenvalue weighted by molar-refractivity contribution is 6.33. The van der Waals surface area contributed by atoms with E-state index in [2.05, 4.69) is 17.1 Å². The number of amides is 1. The molecule has 4 heteroatoms. The van der Waals surface area contributed by atoms with Crippen molar-refractivity contribution >= 4 is 23.2 Å². The molecule has 1 fully saturated rings. The van der Waals surface area contributed by atoms with Crippen LogP contribution in [0.1, 0.15) is 26.2 Å². The summed E-state index contributed by atoms with van der Waals surface area (Å²) >= 11 is 5.99. The SMILES string of the molecule is CCN(CCC(=O)Nc1ccccc1Cl)C1CC1. The molecule has 0 bridgehead atoms. The second-order valence-electron chi connectivity index (χ2n) is 4.64. The topological polar surface area (TPSA) is 32.3 Å². The lowest BCUT2D eigenvalue weighted by molar-refractivity contribution is -0.116. The Bertz CT molecular complexity index is 418. The summed E-state index contributed by atoms with van der Waals surface area (Å²) in [7, 11) is 0. The van der Waals surface area contributed by atoms with Gasteiger partial charge in [-0.05, 0) is 31.5 Å². The monoisotopic (exact) mass is 266 g/mol. The van der Waals surface area contributed by atoms with Gasteiger partial charge in [0.2, 0.25) is 5.91 Å². The van der Waals surface area contributed by atoms with Gasteiger partial charge in [0.1, 0.15) is 0 Å². The summed E-state index contributed by atoms with van der Waals surface area (Å²) in [4.78, 5) is 14.2. The molecule has 0 aliphatic heterocycles. The minimum absolute atomic E-state index is 0.0298. The number of hydrogen-bond acceptors (Lipinski definition) is 2. The highest BCUT2D eigenvalue weighted by Crippen LogP contribution is 2.26. The van der Waals surface area contributed by atoms with Gasteiger partial charge in [-0.2, -0.15) is 0 Å². The second kappa shape index (κ2) is 6.21. The van der Waals surface area contributed by atoms with Crippen molar-refractivity contribution in [1.29, 1.82) is 0 Å². The third-order valence-corrected chi connectivity index (χ3v) is 3.57. The van der Waals surface area contributed by atoms with Crippen molar-refractivity contribution in [2.24, 2.45) is 0 Å². The van der Waals surface area contributed by atoms with Gasteiger partial charge in [0.25, 0.3) is 0 Å². The number of nitrogens with one attached hydrogen (secondary N) is 1. The summed E-state index contributed by atoms with van der Waals surface area (Å²) in [6, 6.07) is 8.02. The maximum atomic E-state index is 11.8. The summed E-state index contributed by atoms with van der Waals surface area (Å²) in [6.45, 7) is 3.99. The zero-order valence-corrected chi connectivity index (χ0v) is 11.4. The Morgan fingerprint density at radius 1 is 1.44 bits per heavy atom. The molecule has 1 aliphatic carbocycles. The Morgan fingerprint density at radius 2 is 2.17 bits per heavy atom. The maximum Gasteiger partial charge on any atom is 0.225 e. The number of benzene rings is 1. The van der Waals surface area contributed by atoms with E-state index in [-0.39, 0.29) is 5.91 Å². The Hall–Kier alpha value is -1.06. The molecule has 0 heterocycles. The van der Waals surface area contributed by atoms with Crippen molar-refractivity contribution in [3.63, 3.8) is 0 Å². The summed E-state index contributed by atoms with van der Waals surface area (Å²) in [5.41, 5.74) is 0.693. The van der Waals surface area contributed by atoms with Crippen molar-refractivity contribution < 1.29 is 4.79 Å². The van der Waals surface area contributed by atoms with Gasteiger partial charge in [0.05, 0.1) is 10.7 Å². The van der Waals surface area contributed by atoms with Gasteiger partial charge >= 0.3 is 0 Å². The number of anilines is 1. The van der Waals surface area contributed by atoms with Gasteiger partial charge in [-0.25, -0.2) is 0 Å². The van der Waals surface area contributed by atoms with Gasteiger partial charge < -0.3 is 10.2 Å². The first-order valence-electron chi connectivity index (χ1n) is 6.49. The largest absolute Gasteiger partial charge is 0.325 e. The molecule has 0 spiro atoms. The lowest BCUT2D eigenvalue weighted by atomic mass is 10.3. The average molecular weight is 267 g/mol. The van der Waals surface area contributed by atoms with Gasteiger partial charge in [-0.1, -0.05) is 30.7 Å². The van der Waals surface area contributed by atoms with E-state index in [1.165, 1.54) is 12.8 Å². The van der Waals surface area contributed by atoms with Crippen LogP contribution in [0.5, 0.6) is 0 Å². The van der Waals surface area contributed by atoms with Crippen LogP contribution in [-0.4, -0.2) is 29.9 Å². The molecule has 1 saturated carbocycles. The van der Waals surface area contributed by atoms with E-state index in [4.69, 9.17) is 11.6 Å². The molecule has 98 valence electrons. The van der Waals surface area contributed by atoms with Crippen molar-refractivity contribution in [3.8, 4) is 0 Å². The standard InChI is InChI=1S/C14H19ClN2O/c1-2-17(11-7-8-11)10-9-14(18)16-13-6-4-3-5-12(13)15/h3-6,11H,2,7-10H2,1H3,(H,16,18). The number of hydrogen-bond donors (Lipinski definition) is 1. The Morgan fingerprint density at radius 3 is 2.78 bits per heavy atom. The van der Waals surface area contributed by atoms with Crippen LogP contribution in [0.2, 0.25) is 5.02 Å². The van der Waals surface area contributed by atoms with E-state index in [0.717, 1.165) is 13.1 Å². The van der Waals surface area contributed by atoms with Gasteiger partial charge in [-0.15, -0.1) is 0 Å². The van der Waals surface area contributed by atoms with Crippen LogP contribution in [0.3, 0.4) is 0 Å².